The third-order valence-electron chi connectivity index (χ3n) is 4.57. The molecule has 1 aromatic heterocycles. The van der Waals surface area contributed by atoms with Gasteiger partial charge in [-0.05, 0) is 50.5 Å². The maximum Gasteiger partial charge on any atom is 0.410 e. The topological polar surface area (TPSA) is 64.5 Å². The zero-order valence-electron chi connectivity index (χ0n) is 13.7. The molecular weight excluding hydrogens is 294 g/mol. The molecule has 1 unspecified atom stereocenters. The van der Waals surface area contributed by atoms with E-state index >= 15 is 0 Å². The zero-order valence-corrected chi connectivity index (χ0v) is 13.7. The third kappa shape index (κ3) is 4.33. The molecule has 1 aliphatic carbocycles. The second kappa shape index (κ2) is 7.62. The Kier molecular flexibility index (Phi) is 5.31. The predicted molar refractivity (Wildman–Crippen MR) is 85.4 cm³/mol. The van der Waals surface area contributed by atoms with E-state index < -0.39 is 0 Å². The van der Waals surface area contributed by atoms with E-state index in [4.69, 9.17) is 9.47 Å². The van der Waals surface area contributed by atoms with Gasteiger partial charge in [-0.25, -0.2) is 14.8 Å². The molecule has 126 valence electrons. The van der Waals surface area contributed by atoms with E-state index in [9.17, 15) is 4.79 Å². The van der Waals surface area contributed by atoms with Crippen LogP contribution in [0.5, 0.6) is 6.01 Å². The average molecular weight is 319 g/mol. The smallest absolute Gasteiger partial charge is 0.410 e. The Labute approximate surface area is 137 Å². The van der Waals surface area contributed by atoms with Gasteiger partial charge in [0.25, 0.3) is 0 Å². The first-order valence-corrected chi connectivity index (χ1v) is 8.67. The van der Waals surface area contributed by atoms with Crippen molar-refractivity contribution in [3.63, 3.8) is 0 Å². The van der Waals surface area contributed by atoms with Crippen LogP contribution in [0.15, 0.2) is 12.4 Å². The van der Waals surface area contributed by atoms with Crippen molar-refractivity contribution in [2.24, 2.45) is 0 Å². The van der Waals surface area contributed by atoms with Crippen molar-refractivity contribution < 1.29 is 14.3 Å². The minimum atomic E-state index is -0.201. The van der Waals surface area contributed by atoms with Gasteiger partial charge in [0, 0.05) is 18.9 Å². The number of likely N-dealkylation sites (tertiary alicyclic amines) is 1. The van der Waals surface area contributed by atoms with Crippen molar-refractivity contribution in [2.45, 2.75) is 64.1 Å². The first-order valence-electron chi connectivity index (χ1n) is 8.67. The average Bonchev–Trinajstić information content (AvgIpc) is 3.09. The molecule has 1 atom stereocenters. The second-order valence-electron chi connectivity index (χ2n) is 6.35. The fourth-order valence-electron chi connectivity index (χ4n) is 3.16. The van der Waals surface area contributed by atoms with Crippen molar-refractivity contribution in [3.8, 4) is 6.01 Å². The van der Waals surface area contributed by atoms with Crippen molar-refractivity contribution in [3.05, 3.63) is 18.0 Å². The van der Waals surface area contributed by atoms with E-state index in [1.54, 1.807) is 17.3 Å². The highest BCUT2D eigenvalue weighted by Crippen LogP contribution is 2.23. The Balaban J connectivity index is 1.51. The van der Waals surface area contributed by atoms with Gasteiger partial charge in [0.1, 0.15) is 12.2 Å². The molecule has 1 amide bonds. The molecule has 2 aliphatic rings. The van der Waals surface area contributed by atoms with Crippen LogP contribution in [0.2, 0.25) is 0 Å². The number of aromatic nitrogens is 2. The van der Waals surface area contributed by atoms with E-state index in [1.807, 2.05) is 0 Å². The van der Waals surface area contributed by atoms with Crippen LogP contribution < -0.4 is 4.74 Å². The summed E-state index contributed by atoms with van der Waals surface area (Å²) in [7, 11) is 0. The van der Waals surface area contributed by atoms with E-state index in [-0.39, 0.29) is 18.3 Å². The van der Waals surface area contributed by atoms with Gasteiger partial charge in [-0.2, -0.15) is 0 Å². The molecule has 1 saturated carbocycles. The van der Waals surface area contributed by atoms with Gasteiger partial charge in [0.15, 0.2) is 0 Å². The fraction of sp³-hybridized carbons (Fsp3) is 0.706. The van der Waals surface area contributed by atoms with Crippen LogP contribution >= 0.6 is 0 Å². The summed E-state index contributed by atoms with van der Waals surface area (Å²) in [6, 6.07) is 0.387. The molecule has 0 bridgehead atoms. The van der Waals surface area contributed by atoms with Crippen LogP contribution in [-0.2, 0) is 11.2 Å². The summed E-state index contributed by atoms with van der Waals surface area (Å²) < 4.78 is 11.4. The third-order valence-corrected chi connectivity index (χ3v) is 4.57. The number of hydrogen-bond donors (Lipinski definition) is 0. The van der Waals surface area contributed by atoms with E-state index in [2.05, 4.69) is 16.9 Å². The summed E-state index contributed by atoms with van der Waals surface area (Å²) in [5.74, 6) is 0. The normalized spacial score (nSPS) is 22.1. The molecule has 0 aromatic carbocycles. The molecule has 6 nitrogen and oxygen atoms in total. The predicted octanol–water partition coefficient (Wildman–Crippen LogP) is 2.96. The van der Waals surface area contributed by atoms with E-state index in [0.717, 1.165) is 57.1 Å². The summed E-state index contributed by atoms with van der Waals surface area (Å²) in [5, 5.41) is 0. The van der Waals surface area contributed by atoms with E-state index in [1.165, 1.54) is 0 Å². The maximum atomic E-state index is 12.3. The SMILES string of the molecule is CCc1cnc(OC2CCCN(C(=O)OC3CCCC3)C2)nc1. The molecule has 2 heterocycles. The number of aryl methyl sites for hydroxylation is 1. The fourth-order valence-corrected chi connectivity index (χ4v) is 3.16. The number of hydrogen-bond acceptors (Lipinski definition) is 5. The standard InChI is InChI=1S/C17H25N3O3/c1-2-13-10-18-16(19-11-13)22-15-8-5-9-20(12-15)17(21)23-14-6-3-4-7-14/h10-11,14-15H,2-9,12H2,1H3. The van der Waals surface area contributed by atoms with Crippen LogP contribution in [0, 0.1) is 0 Å². The summed E-state index contributed by atoms with van der Waals surface area (Å²) in [5.41, 5.74) is 1.09. The first kappa shape index (κ1) is 16.0. The maximum absolute atomic E-state index is 12.3. The van der Waals surface area contributed by atoms with Crippen LogP contribution in [0.1, 0.15) is 51.0 Å². The molecule has 2 fully saturated rings. The number of rotatable bonds is 4. The summed E-state index contributed by atoms with van der Waals surface area (Å²) >= 11 is 0. The molecule has 0 radical (unpaired) electrons. The Morgan fingerprint density at radius 3 is 2.57 bits per heavy atom. The molecule has 0 N–H and O–H groups in total. The molecule has 0 spiro atoms. The molecular formula is C17H25N3O3. The highest BCUT2D eigenvalue weighted by atomic mass is 16.6. The lowest BCUT2D eigenvalue weighted by Gasteiger charge is -2.32. The zero-order chi connectivity index (χ0) is 16.1. The molecule has 23 heavy (non-hydrogen) atoms. The van der Waals surface area contributed by atoms with Crippen molar-refractivity contribution in [2.75, 3.05) is 13.1 Å². The summed E-state index contributed by atoms with van der Waals surface area (Å²) in [4.78, 5) is 22.5. The van der Waals surface area contributed by atoms with Gasteiger partial charge in [0.2, 0.25) is 0 Å². The quantitative estimate of drug-likeness (QED) is 0.853. The second-order valence-corrected chi connectivity index (χ2v) is 6.35. The number of piperidine rings is 1. The first-order chi connectivity index (χ1) is 11.2. The van der Waals surface area contributed by atoms with Crippen molar-refractivity contribution in [1.82, 2.24) is 14.9 Å². The largest absolute Gasteiger partial charge is 0.458 e. The van der Waals surface area contributed by atoms with Crippen molar-refractivity contribution in [1.29, 1.82) is 0 Å². The highest BCUT2D eigenvalue weighted by molar-refractivity contribution is 5.68. The van der Waals surface area contributed by atoms with Gasteiger partial charge in [-0.3, -0.25) is 0 Å². The highest BCUT2D eigenvalue weighted by Gasteiger charge is 2.29. The lowest BCUT2D eigenvalue weighted by Crippen LogP contribution is -2.45. The molecule has 1 aliphatic heterocycles. The van der Waals surface area contributed by atoms with Crippen LogP contribution in [0.25, 0.3) is 0 Å². The van der Waals surface area contributed by atoms with Crippen LogP contribution in [0.4, 0.5) is 4.79 Å². The molecule has 1 saturated heterocycles. The molecule has 1 aromatic rings. The summed E-state index contributed by atoms with van der Waals surface area (Å²) in [6.07, 6.45) is 10.5. The Bertz CT molecular complexity index is 514. The van der Waals surface area contributed by atoms with Gasteiger partial charge in [0.05, 0.1) is 6.54 Å². The van der Waals surface area contributed by atoms with E-state index in [0.29, 0.717) is 12.6 Å². The van der Waals surface area contributed by atoms with Gasteiger partial charge >= 0.3 is 12.1 Å². The number of amides is 1. The van der Waals surface area contributed by atoms with Gasteiger partial charge < -0.3 is 14.4 Å². The van der Waals surface area contributed by atoms with Crippen molar-refractivity contribution >= 4 is 6.09 Å². The Morgan fingerprint density at radius 1 is 1.17 bits per heavy atom. The number of nitrogens with zero attached hydrogens (tertiary/aromatic N) is 3. The minimum absolute atomic E-state index is 0.0626. The Hall–Kier alpha value is -1.85. The number of carbonyl (C=O) groups is 1. The van der Waals surface area contributed by atoms with Crippen LogP contribution in [0.3, 0.4) is 0 Å². The lowest BCUT2D eigenvalue weighted by molar-refractivity contribution is 0.0347. The lowest BCUT2D eigenvalue weighted by atomic mass is 10.1. The number of carbonyl (C=O) groups excluding carboxylic acids is 1. The van der Waals surface area contributed by atoms with Crippen LogP contribution in [-0.4, -0.2) is 46.3 Å². The molecule has 3 rings (SSSR count). The number of ether oxygens (including phenoxy) is 2. The van der Waals surface area contributed by atoms with Gasteiger partial charge in [-0.15, -0.1) is 0 Å². The Morgan fingerprint density at radius 2 is 1.87 bits per heavy atom. The van der Waals surface area contributed by atoms with Gasteiger partial charge in [-0.1, -0.05) is 6.92 Å². The summed E-state index contributed by atoms with van der Waals surface area (Å²) in [6.45, 7) is 3.35. The minimum Gasteiger partial charge on any atom is -0.458 e. The monoisotopic (exact) mass is 319 g/mol. The molecule has 6 heteroatoms.